The maximum Gasteiger partial charge on any atom is 0.257 e. The van der Waals surface area contributed by atoms with Gasteiger partial charge in [0.2, 0.25) is 5.89 Å². The number of piperidine rings is 1. The molecule has 1 saturated heterocycles. The number of amides is 1. The third-order valence-electron chi connectivity index (χ3n) is 4.78. The smallest absolute Gasteiger partial charge is 0.257 e. The van der Waals surface area contributed by atoms with Crippen molar-refractivity contribution in [3.63, 3.8) is 0 Å². The Hall–Kier alpha value is -2.37. The number of benzene rings is 1. The summed E-state index contributed by atoms with van der Waals surface area (Å²) in [5, 5.41) is 4.03. The lowest BCUT2D eigenvalue weighted by Gasteiger charge is -2.31. The maximum absolute atomic E-state index is 12.8. The number of aromatic nitrogens is 2. The minimum atomic E-state index is 0.0485. The van der Waals surface area contributed by atoms with Gasteiger partial charge >= 0.3 is 0 Å². The number of hydrogen-bond donors (Lipinski definition) is 0. The predicted molar refractivity (Wildman–Crippen MR) is 98.3 cm³/mol. The van der Waals surface area contributed by atoms with E-state index in [2.05, 4.69) is 24.0 Å². The van der Waals surface area contributed by atoms with Crippen LogP contribution in [0.2, 0.25) is 0 Å². The molecule has 6 heteroatoms. The number of nitrogens with zero attached hydrogens (tertiary/aromatic N) is 3. The first-order valence-corrected chi connectivity index (χ1v) is 9.42. The van der Waals surface area contributed by atoms with Gasteiger partial charge in [-0.3, -0.25) is 4.79 Å². The van der Waals surface area contributed by atoms with Gasteiger partial charge in [0.05, 0.1) is 12.2 Å². The van der Waals surface area contributed by atoms with E-state index in [-0.39, 0.29) is 11.8 Å². The van der Waals surface area contributed by atoms with Crippen LogP contribution < -0.4 is 4.74 Å². The summed E-state index contributed by atoms with van der Waals surface area (Å²) in [6.45, 7) is 8.08. The molecule has 0 unspecified atom stereocenters. The molecule has 3 rings (SSSR count). The van der Waals surface area contributed by atoms with E-state index in [1.54, 1.807) is 0 Å². The quantitative estimate of drug-likeness (QED) is 0.789. The number of para-hydroxylation sites is 1. The lowest BCUT2D eigenvalue weighted by Crippen LogP contribution is -2.39. The van der Waals surface area contributed by atoms with Crippen LogP contribution in [0.1, 0.15) is 61.6 Å². The van der Waals surface area contributed by atoms with E-state index in [1.807, 2.05) is 36.1 Å². The summed E-state index contributed by atoms with van der Waals surface area (Å²) < 4.78 is 11.0. The minimum Gasteiger partial charge on any atom is -0.493 e. The van der Waals surface area contributed by atoms with Gasteiger partial charge in [0.25, 0.3) is 5.91 Å². The summed E-state index contributed by atoms with van der Waals surface area (Å²) in [7, 11) is 0. The normalized spacial score (nSPS) is 15.5. The zero-order valence-corrected chi connectivity index (χ0v) is 15.8. The van der Waals surface area contributed by atoms with Crippen molar-refractivity contribution < 1.29 is 14.1 Å². The lowest BCUT2D eigenvalue weighted by atomic mass is 9.93. The zero-order chi connectivity index (χ0) is 18.5. The summed E-state index contributed by atoms with van der Waals surface area (Å²) in [5.41, 5.74) is 0.645. The molecule has 1 amide bonds. The summed E-state index contributed by atoms with van der Waals surface area (Å²) in [6, 6.07) is 7.46. The fourth-order valence-electron chi connectivity index (χ4n) is 3.27. The number of likely N-dealkylation sites (tertiary alicyclic amines) is 1. The van der Waals surface area contributed by atoms with Crippen molar-refractivity contribution >= 4 is 5.91 Å². The Morgan fingerprint density at radius 1 is 1.31 bits per heavy atom. The molecule has 1 fully saturated rings. The third-order valence-corrected chi connectivity index (χ3v) is 4.78. The van der Waals surface area contributed by atoms with E-state index in [0.717, 1.165) is 38.2 Å². The van der Waals surface area contributed by atoms with Gasteiger partial charge in [-0.15, -0.1) is 0 Å². The van der Waals surface area contributed by atoms with E-state index in [1.165, 1.54) is 0 Å². The van der Waals surface area contributed by atoms with Gasteiger partial charge in [0, 0.05) is 25.4 Å². The molecule has 0 aliphatic carbocycles. The van der Waals surface area contributed by atoms with Gasteiger partial charge in [-0.1, -0.05) is 31.1 Å². The first kappa shape index (κ1) is 18.4. The monoisotopic (exact) mass is 357 g/mol. The number of rotatable bonds is 6. The van der Waals surface area contributed by atoms with Crippen molar-refractivity contribution in [2.45, 2.75) is 46.0 Å². The van der Waals surface area contributed by atoms with Crippen molar-refractivity contribution in [3.05, 3.63) is 41.5 Å². The molecule has 0 spiro atoms. The highest BCUT2D eigenvalue weighted by Crippen LogP contribution is 2.25. The maximum atomic E-state index is 12.8. The lowest BCUT2D eigenvalue weighted by molar-refractivity contribution is 0.0683. The topological polar surface area (TPSA) is 68.5 Å². The van der Waals surface area contributed by atoms with Crippen molar-refractivity contribution in [1.29, 1.82) is 0 Å². The van der Waals surface area contributed by atoms with Gasteiger partial charge in [-0.2, -0.15) is 4.98 Å². The van der Waals surface area contributed by atoms with Crippen LogP contribution >= 0.6 is 0 Å². The SMILES string of the molecule is CCOc1ccccc1C(=O)N1CCC(Cc2nc(C(C)C)no2)CC1. The fourth-order valence-corrected chi connectivity index (χ4v) is 3.27. The molecule has 0 atom stereocenters. The van der Waals surface area contributed by atoms with E-state index in [4.69, 9.17) is 9.26 Å². The fraction of sp³-hybridized carbons (Fsp3) is 0.550. The number of carbonyl (C=O) groups excluding carboxylic acids is 1. The molecule has 1 aromatic carbocycles. The highest BCUT2D eigenvalue weighted by atomic mass is 16.5. The molecule has 0 saturated carbocycles. The van der Waals surface area contributed by atoms with Crippen LogP contribution in [-0.4, -0.2) is 40.6 Å². The average molecular weight is 357 g/mol. The largest absolute Gasteiger partial charge is 0.493 e. The second kappa shape index (κ2) is 8.34. The van der Waals surface area contributed by atoms with E-state index in [0.29, 0.717) is 29.7 Å². The molecule has 1 aromatic heterocycles. The Morgan fingerprint density at radius 2 is 2.04 bits per heavy atom. The summed E-state index contributed by atoms with van der Waals surface area (Å²) in [4.78, 5) is 19.2. The number of hydrogen-bond acceptors (Lipinski definition) is 5. The molecular formula is C20H27N3O3. The number of ether oxygens (including phenoxy) is 1. The molecule has 1 aliphatic rings. The van der Waals surface area contributed by atoms with Gasteiger partial charge in [-0.05, 0) is 37.8 Å². The molecule has 6 nitrogen and oxygen atoms in total. The van der Waals surface area contributed by atoms with Gasteiger partial charge in [0.1, 0.15) is 5.75 Å². The van der Waals surface area contributed by atoms with Crippen LogP contribution in [0.4, 0.5) is 0 Å². The Labute approximate surface area is 154 Å². The van der Waals surface area contributed by atoms with Crippen LogP contribution in [0, 0.1) is 5.92 Å². The minimum absolute atomic E-state index is 0.0485. The Balaban J connectivity index is 1.57. The Bertz CT molecular complexity index is 733. The summed E-state index contributed by atoms with van der Waals surface area (Å²) in [6.07, 6.45) is 2.68. The average Bonchev–Trinajstić information content (AvgIpc) is 3.11. The van der Waals surface area contributed by atoms with Gasteiger partial charge in [-0.25, -0.2) is 0 Å². The van der Waals surface area contributed by atoms with Gasteiger partial charge in [0.15, 0.2) is 5.82 Å². The Kier molecular flexibility index (Phi) is 5.91. The van der Waals surface area contributed by atoms with Crippen molar-refractivity contribution in [3.8, 4) is 5.75 Å². The summed E-state index contributed by atoms with van der Waals surface area (Å²) >= 11 is 0. The van der Waals surface area contributed by atoms with Crippen LogP contribution in [0.3, 0.4) is 0 Å². The molecular weight excluding hydrogens is 330 g/mol. The standard InChI is InChI=1S/C20H27N3O3/c1-4-25-17-8-6-5-7-16(17)20(24)23-11-9-15(10-12-23)13-18-21-19(14(2)3)22-26-18/h5-8,14-15H,4,9-13H2,1-3H3. The highest BCUT2D eigenvalue weighted by Gasteiger charge is 2.26. The molecule has 2 heterocycles. The first-order valence-electron chi connectivity index (χ1n) is 9.42. The van der Waals surface area contributed by atoms with Crippen LogP contribution in [0.5, 0.6) is 5.75 Å². The first-order chi connectivity index (χ1) is 12.6. The number of carbonyl (C=O) groups is 1. The Morgan fingerprint density at radius 3 is 2.69 bits per heavy atom. The summed E-state index contributed by atoms with van der Waals surface area (Å²) in [5.74, 6) is 2.93. The van der Waals surface area contributed by atoms with Crippen molar-refractivity contribution in [1.82, 2.24) is 15.0 Å². The van der Waals surface area contributed by atoms with Crippen molar-refractivity contribution in [2.24, 2.45) is 5.92 Å². The highest BCUT2D eigenvalue weighted by molar-refractivity contribution is 5.97. The molecule has 0 bridgehead atoms. The van der Waals surface area contributed by atoms with Crippen LogP contribution in [0.25, 0.3) is 0 Å². The predicted octanol–water partition coefficient (Wildman–Crippen LogP) is 3.69. The molecule has 1 aliphatic heterocycles. The van der Waals surface area contributed by atoms with E-state index in [9.17, 15) is 4.79 Å². The molecule has 2 aromatic rings. The van der Waals surface area contributed by atoms with Crippen LogP contribution in [0.15, 0.2) is 28.8 Å². The molecule has 26 heavy (non-hydrogen) atoms. The second-order valence-corrected chi connectivity index (χ2v) is 7.07. The van der Waals surface area contributed by atoms with Crippen molar-refractivity contribution in [2.75, 3.05) is 19.7 Å². The second-order valence-electron chi connectivity index (χ2n) is 7.07. The van der Waals surface area contributed by atoms with E-state index < -0.39 is 0 Å². The zero-order valence-electron chi connectivity index (χ0n) is 15.8. The van der Waals surface area contributed by atoms with Crippen LogP contribution in [-0.2, 0) is 6.42 Å². The van der Waals surface area contributed by atoms with Gasteiger partial charge < -0.3 is 14.2 Å². The van der Waals surface area contributed by atoms with E-state index >= 15 is 0 Å². The molecule has 0 N–H and O–H groups in total. The molecule has 0 radical (unpaired) electrons. The third kappa shape index (κ3) is 4.23. The molecule has 140 valence electrons.